The van der Waals surface area contributed by atoms with Crippen molar-refractivity contribution in [1.29, 1.82) is 0 Å². The number of carbonyl (C=O) groups is 2. The average Bonchev–Trinajstić information content (AvgIpc) is 3.24. The highest BCUT2D eigenvalue weighted by Crippen LogP contribution is 2.28. The molecule has 0 bridgehead atoms. The van der Waals surface area contributed by atoms with Crippen LogP contribution in [0.1, 0.15) is 50.7 Å². The van der Waals surface area contributed by atoms with Crippen LogP contribution in [-0.2, 0) is 20.9 Å². The van der Waals surface area contributed by atoms with Crippen LogP contribution in [-0.4, -0.2) is 39.3 Å². The minimum atomic E-state index is -0.543. The predicted molar refractivity (Wildman–Crippen MR) is 153 cm³/mol. The van der Waals surface area contributed by atoms with Crippen molar-refractivity contribution >= 4 is 34.7 Å². The van der Waals surface area contributed by atoms with Crippen LogP contribution >= 0.6 is 11.8 Å². The number of fused-ring (bicyclic) bond motifs is 1. The Bertz CT molecular complexity index is 1310. The Kier molecular flexibility index (Phi) is 9.24. The average molecular weight is 530 g/mol. The van der Waals surface area contributed by atoms with Gasteiger partial charge in [0.2, 0.25) is 5.91 Å². The first-order chi connectivity index (χ1) is 18.3. The molecule has 0 aliphatic heterocycles. The lowest BCUT2D eigenvalue weighted by atomic mass is 9.88. The second-order valence-electron chi connectivity index (χ2n) is 10.2. The maximum Gasteiger partial charge on any atom is 0.326 e. The summed E-state index contributed by atoms with van der Waals surface area (Å²) in [5, 5.41) is 3.86. The topological polar surface area (TPSA) is 73.2 Å². The maximum atomic E-state index is 12.9. The summed E-state index contributed by atoms with van der Waals surface area (Å²) in [6.07, 6.45) is 1.18. The van der Waals surface area contributed by atoms with Gasteiger partial charge in [-0.15, -0.1) is 0 Å². The number of rotatable bonds is 11. The second-order valence-corrected chi connectivity index (χ2v) is 11.2. The van der Waals surface area contributed by atoms with Gasteiger partial charge in [-0.05, 0) is 50.5 Å². The molecular weight excluding hydrogens is 494 g/mol. The van der Waals surface area contributed by atoms with E-state index >= 15 is 0 Å². The predicted octanol–water partition coefficient (Wildman–Crippen LogP) is 6.20. The normalized spacial score (nSPS) is 11.6. The molecule has 1 amide bonds. The van der Waals surface area contributed by atoms with Gasteiger partial charge in [-0.1, -0.05) is 84.6 Å². The second kappa shape index (κ2) is 12.8. The number of nitrogens with zero attached hydrogens (tertiary/aromatic N) is 2. The van der Waals surface area contributed by atoms with Crippen molar-refractivity contribution in [2.24, 2.45) is 0 Å². The standard InChI is InChI=1S/C31H35N3O3S/c1-31(2,3)37-29(36)22-34-27-18-11-10-17-26(27)33-30(34)38-20-12-19-32-28(35)21-25(23-13-6-4-7-14-23)24-15-8-5-9-16-24/h4-11,13-18,25H,12,19-22H2,1-3H3,(H,32,35). The minimum Gasteiger partial charge on any atom is -0.459 e. The number of hydrogen-bond donors (Lipinski definition) is 1. The summed E-state index contributed by atoms with van der Waals surface area (Å²) in [7, 11) is 0. The van der Waals surface area contributed by atoms with Gasteiger partial charge in [0.15, 0.2) is 5.16 Å². The van der Waals surface area contributed by atoms with E-state index < -0.39 is 5.60 Å². The molecule has 0 saturated heterocycles. The SMILES string of the molecule is CC(C)(C)OC(=O)Cn1c(SCCCNC(=O)CC(c2ccccc2)c2ccccc2)nc2ccccc21. The molecule has 0 aliphatic rings. The number of ether oxygens (including phenoxy) is 1. The van der Waals surface area contributed by atoms with E-state index in [9.17, 15) is 9.59 Å². The molecule has 4 aromatic rings. The highest BCUT2D eigenvalue weighted by Gasteiger charge is 2.20. The molecule has 0 radical (unpaired) electrons. The lowest BCUT2D eigenvalue weighted by Gasteiger charge is -2.20. The van der Waals surface area contributed by atoms with Crippen molar-refractivity contribution in [3.05, 3.63) is 96.1 Å². The molecule has 0 saturated carbocycles. The summed E-state index contributed by atoms with van der Waals surface area (Å²) < 4.78 is 7.45. The molecule has 0 unspecified atom stereocenters. The fourth-order valence-electron chi connectivity index (χ4n) is 4.34. The molecule has 1 N–H and O–H groups in total. The van der Waals surface area contributed by atoms with Crippen molar-refractivity contribution in [3.63, 3.8) is 0 Å². The van der Waals surface area contributed by atoms with E-state index in [-0.39, 0.29) is 24.3 Å². The van der Waals surface area contributed by atoms with Crippen LogP contribution in [0, 0.1) is 0 Å². The molecular formula is C31H35N3O3S. The van der Waals surface area contributed by atoms with E-state index in [1.807, 2.05) is 86.0 Å². The summed E-state index contributed by atoms with van der Waals surface area (Å²) in [4.78, 5) is 30.1. The zero-order chi connectivity index (χ0) is 27.0. The Morgan fingerprint density at radius 1 is 0.921 bits per heavy atom. The molecule has 0 atom stereocenters. The van der Waals surface area contributed by atoms with Gasteiger partial charge < -0.3 is 14.6 Å². The summed E-state index contributed by atoms with van der Waals surface area (Å²) >= 11 is 1.58. The summed E-state index contributed by atoms with van der Waals surface area (Å²) in [5.41, 5.74) is 3.47. The summed E-state index contributed by atoms with van der Waals surface area (Å²) in [5.74, 6) is 0.518. The van der Waals surface area contributed by atoms with Crippen LogP contribution in [0.2, 0.25) is 0 Å². The molecule has 4 rings (SSSR count). The zero-order valence-corrected chi connectivity index (χ0v) is 23.0. The summed E-state index contributed by atoms with van der Waals surface area (Å²) in [6, 6.07) is 28.1. The third-order valence-electron chi connectivity index (χ3n) is 5.99. The smallest absolute Gasteiger partial charge is 0.326 e. The first kappa shape index (κ1) is 27.5. The minimum absolute atomic E-state index is 0.0135. The first-order valence-electron chi connectivity index (χ1n) is 13.0. The fourth-order valence-corrected chi connectivity index (χ4v) is 5.29. The van der Waals surface area contributed by atoms with Crippen LogP contribution < -0.4 is 5.32 Å². The molecule has 38 heavy (non-hydrogen) atoms. The fraction of sp³-hybridized carbons (Fsp3) is 0.323. The van der Waals surface area contributed by atoms with Crippen LogP contribution in [0.25, 0.3) is 11.0 Å². The Balaban J connectivity index is 1.32. The van der Waals surface area contributed by atoms with Gasteiger partial charge in [0.1, 0.15) is 12.1 Å². The van der Waals surface area contributed by atoms with Crippen LogP contribution in [0.5, 0.6) is 0 Å². The third kappa shape index (κ3) is 7.71. The number of para-hydroxylation sites is 2. The van der Waals surface area contributed by atoms with Gasteiger partial charge in [0.25, 0.3) is 0 Å². The van der Waals surface area contributed by atoms with Crippen molar-refractivity contribution in [2.75, 3.05) is 12.3 Å². The monoisotopic (exact) mass is 529 g/mol. The molecule has 0 spiro atoms. The number of nitrogens with one attached hydrogen (secondary N) is 1. The van der Waals surface area contributed by atoms with E-state index in [0.717, 1.165) is 39.5 Å². The molecule has 1 aromatic heterocycles. The number of carbonyl (C=O) groups excluding carboxylic acids is 2. The molecule has 1 heterocycles. The van der Waals surface area contributed by atoms with Crippen molar-refractivity contribution in [2.45, 2.75) is 56.8 Å². The van der Waals surface area contributed by atoms with Gasteiger partial charge in [0.05, 0.1) is 11.0 Å². The third-order valence-corrected chi connectivity index (χ3v) is 7.06. The number of esters is 1. The maximum absolute atomic E-state index is 12.9. The van der Waals surface area contributed by atoms with E-state index in [4.69, 9.17) is 9.72 Å². The lowest BCUT2D eigenvalue weighted by molar-refractivity contribution is -0.155. The van der Waals surface area contributed by atoms with Crippen molar-refractivity contribution in [1.82, 2.24) is 14.9 Å². The van der Waals surface area contributed by atoms with Crippen molar-refractivity contribution in [3.8, 4) is 0 Å². The lowest BCUT2D eigenvalue weighted by Crippen LogP contribution is -2.27. The van der Waals surface area contributed by atoms with E-state index in [1.165, 1.54) is 0 Å². The number of hydrogen-bond acceptors (Lipinski definition) is 5. The van der Waals surface area contributed by atoms with E-state index in [2.05, 4.69) is 29.6 Å². The Labute approximate surface area is 228 Å². The number of thioether (sulfide) groups is 1. The van der Waals surface area contributed by atoms with Crippen LogP contribution in [0.4, 0.5) is 0 Å². The largest absolute Gasteiger partial charge is 0.459 e. The van der Waals surface area contributed by atoms with Gasteiger partial charge in [-0.2, -0.15) is 0 Å². The summed E-state index contributed by atoms with van der Waals surface area (Å²) in [6.45, 7) is 6.28. The van der Waals surface area contributed by atoms with Crippen molar-refractivity contribution < 1.29 is 14.3 Å². The first-order valence-corrected chi connectivity index (χ1v) is 14.0. The zero-order valence-electron chi connectivity index (χ0n) is 22.2. The van der Waals surface area contributed by atoms with Crippen LogP contribution in [0.15, 0.2) is 90.1 Å². The molecule has 3 aromatic carbocycles. The highest BCUT2D eigenvalue weighted by molar-refractivity contribution is 7.99. The molecule has 7 heteroatoms. The van der Waals surface area contributed by atoms with Crippen LogP contribution in [0.3, 0.4) is 0 Å². The molecule has 6 nitrogen and oxygen atoms in total. The van der Waals surface area contributed by atoms with E-state index in [0.29, 0.717) is 13.0 Å². The van der Waals surface area contributed by atoms with E-state index in [1.54, 1.807) is 11.8 Å². The molecule has 0 fully saturated rings. The number of aromatic nitrogens is 2. The van der Waals surface area contributed by atoms with Gasteiger partial charge in [-0.25, -0.2) is 4.98 Å². The Morgan fingerprint density at radius 2 is 1.53 bits per heavy atom. The number of imidazole rings is 1. The van der Waals surface area contributed by atoms with Gasteiger partial charge in [-0.3, -0.25) is 9.59 Å². The molecule has 0 aliphatic carbocycles. The molecule has 198 valence electrons. The highest BCUT2D eigenvalue weighted by atomic mass is 32.2. The van der Waals surface area contributed by atoms with Gasteiger partial charge in [0, 0.05) is 24.6 Å². The van der Waals surface area contributed by atoms with Gasteiger partial charge >= 0.3 is 5.97 Å². The Morgan fingerprint density at radius 3 is 2.16 bits per heavy atom. The number of amides is 1. The Hall–Kier alpha value is -3.58. The number of benzene rings is 3. The quantitative estimate of drug-likeness (QED) is 0.142.